The molecule has 18 heavy (non-hydrogen) atoms. The molecule has 0 aliphatic heterocycles. The second-order valence-corrected chi connectivity index (χ2v) is 2.84. The van der Waals surface area contributed by atoms with Gasteiger partial charge in [0.2, 0.25) is 0 Å². The molecule has 0 saturated heterocycles. The van der Waals surface area contributed by atoms with Crippen molar-refractivity contribution in [1.29, 1.82) is 0 Å². The third-order valence-electron chi connectivity index (χ3n) is 1.41. The highest BCUT2D eigenvalue weighted by Gasteiger charge is 2.38. The highest BCUT2D eigenvalue weighted by molar-refractivity contribution is 5.73. The van der Waals surface area contributed by atoms with Crippen LogP contribution in [0.2, 0.25) is 0 Å². The first-order valence-electron chi connectivity index (χ1n) is 4.47. The summed E-state index contributed by atoms with van der Waals surface area (Å²) in [4.78, 5) is 23.1. The van der Waals surface area contributed by atoms with Crippen LogP contribution in [0.3, 0.4) is 0 Å². The quantitative estimate of drug-likeness (QED) is 0.738. The van der Waals surface area contributed by atoms with E-state index in [2.05, 4.69) is 10.3 Å². The van der Waals surface area contributed by atoms with E-state index in [-0.39, 0.29) is 0 Å². The zero-order valence-electron chi connectivity index (χ0n) is 8.94. The molecule has 0 atom stereocenters. The number of alkyl halides is 3. The predicted molar refractivity (Wildman–Crippen MR) is 54.4 cm³/mol. The molecule has 0 fully saturated rings. The lowest BCUT2D eigenvalue weighted by atomic mass is 10.3. The molecule has 0 radical (unpaired) electrons. The number of hydrogen-bond donors (Lipinski definition) is 3. The van der Waals surface area contributed by atoms with Crippen LogP contribution in [-0.2, 0) is 11.3 Å². The number of aliphatic carboxylic acids is 1. The monoisotopic (exact) mass is 265 g/mol. The first-order valence-corrected chi connectivity index (χ1v) is 4.47. The lowest BCUT2D eigenvalue weighted by molar-refractivity contribution is -0.192. The summed E-state index contributed by atoms with van der Waals surface area (Å²) in [6, 6.07) is 4.95. The van der Waals surface area contributed by atoms with Gasteiger partial charge in [0, 0.05) is 6.20 Å². The molecule has 0 unspecified atom stereocenters. The number of carbonyl (C=O) groups excluding carboxylic acids is 1. The van der Waals surface area contributed by atoms with Crippen molar-refractivity contribution in [3.05, 3.63) is 30.1 Å². The average molecular weight is 265 g/mol. The Hall–Kier alpha value is -2.32. The molecule has 1 aromatic heterocycles. The SMILES string of the molecule is NC(=O)NCc1ccccn1.O=C(O)C(F)(F)F. The molecule has 0 aliphatic carbocycles. The fourth-order valence-electron chi connectivity index (χ4n) is 0.680. The van der Waals surface area contributed by atoms with Crippen molar-refractivity contribution in [2.75, 3.05) is 0 Å². The van der Waals surface area contributed by atoms with E-state index in [0.717, 1.165) is 5.69 Å². The van der Waals surface area contributed by atoms with Crippen molar-refractivity contribution in [2.24, 2.45) is 5.73 Å². The summed E-state index contributed by atoms with van der Waals surface area (Å²) >= 11 is 0. The summed E-state index contributed by atoms with van der Waals surface area (Å²) in [7, 11) is 0. The van der Waals surface area contributed by atoms with Gasteiger partial charge in [0.1, 0.15) is 0 Å². The Kier molecular flexibility index (Phi) is 6.18. The molecule has 9 heteroatoms. The molecule has 1 heterocycles. The Morgan fingerprint density at radius 2 is 1.94 bits per heavy atom. The standard InChI is InChI=1S/C7H9N3O.C2HF3O2/c8-7(11)10-5-6-3-1-2-4-9-6;3-2(4,5)1(6)7/h1-4H,5H2,(H3,8,10,11);(H,6,7). The molecular formula is C9H10F3N3O3. The van der Waals surface area contributed by atoms with Crippen LogP contribution in [0.25, 0.3) is 0 Å². The van der Waals surface area contributed by atoms with E-state index < -0.39 is 18.2 Å². The minimum atomic E-state index is -5.08. The van der Waals surface area contributed by atoms with Gasteiger partial charge in [-0.05, 0) is 12.1 Å². The first-order chi connectivity index (χ1) is 8.23. The van der Waals surface area contributed by atoms with Crippen LogP contribution in [0.4, 0.5) is 18.0 Å². The predicted octanol–water partition coefficient (Wildman–Crippen LogP) is 0.883. The molecule has 1 rings (SSSR count). The molecule has 100 valence electrons. The van der Waals surface area contributed by atoms with E-state index in [0.29, 0.717) is 6.54 Å². The molecule has 6 nitrogen and oxygen atoms in total. The molecule has 0 bridgehead atoms. The molecular weight excluding hydrogens is 255 g/mol. The van der Waals surface area contributed by atoms with Gasteiger partial charge in [-0.1, -0.05) is 6.07 Å². The number of rotatable bonds is 2. The Morgan fingerprint density at radius 1 is 1.39 bits per heavy atom. The summed E-state index contributed by atoms with van der Waals surface area (Å²) in [5, 5.41) is 9.56. The first kappa shape index (κ1) is 15.7. The van der Waals surface area contributed by atoms with Crippen LogP contribution in [-0.4, -0.2) is 28.3 Å². The largest absolute Gasteiger partial charge is 0.490 e. The second kappa shape index (κ2) is 7.09. The molecule has 0 spiro atoms. The maximum absolute atomic E-state index is 10.6. The van der Waals surface area contributed by atoms with Crippen LogP contribution in [0, 0.1) is 0 Å². The van der Waals surface area contributed by atoms with Crippen molar-refractivity contribution in [1.82, 2.24) is 10.3 Å². The number of halogens is 3. The number of carboxylic acids is 1. The number of amides is 2. The summed E-state index contributed by atoms with van der Waals surface area (Å²) < 4.78 is 31.7. The number of hydrogen-bond acceptors (Lipinski definition) is 3. The number of aromatic nitrogens is 1. The van der Waals surface area contributed by atoms with Gasteiger partial charge in [-0.15, -0.1) is 0 Å². The van der Waals surface area contributed by atoms with Gasteiger partial charge in [-0.3, -0.25) is 4.98 Å². The van der Waals surface area contributed by atoms with Crippen LogP contribution in [0.5, 0.6) is 0 Å². The van der Waals surface area contributed by atoms with E-state index >= 15 is 0 Å². The zero-order chi connectivity index (χ0) is 14.2. The van der Waals surface area contributed by atoms with Crippen molar-refractivity contribution in [3.8, 4) is 0 Å². The van der Waals surface area contributed by atoms with Crippen molar-refractivity contribution >= 4 is 12.0 Å². The normalized spacial score (nSPS) is 9.94. The van der Waals surface area contributed by atoms with Crippen molar-refractivity contribution < 1.29 is 27.9 Å². The molecule has 0 aliphatic rings. The number of urea groups is 1. The third-order valence-corrected chi connectivity index (χ3v) is 1.41. The van der Waals surface area contributed by atoms with Gasteiger partial charge < -0.3 is 16.2 Å². The Morgan fingerprint density at radius 3 is 2.28 bits per heavy atom. The van der Waals surface area contributed by atoms with E-state index in [1.165, 1.54) is 0 Å². The van der Waals surface area contributed by atoms with E-state index in [1.54, 1.807) is 6.20 Å². The van der Waals surface area contributed by atoms with Crippen LogP contribution in [0.15, 0.2) is 24.4 Å². The molecule has 4 N–H and O–H groups in total. The van der Waals surface area contributed by atoms with Crippen LogP contribution < -0.4 is 11.1 Å². The zero-order valence-corrected chi connectivity index (χ0v) is 8.94. The number of carbonyl (C=O) groups is 2. The van der Waals surface area contributed by atoms with E-state index in [1.807, 2.05) is 18.2 Å². The summed E-state index contributed by atoms with van der Waals surface area (Å²) in [5.74, 6) is -2.76. The average Bonchev–Trinajstić information content (AvgIpc) is 2.27. The molecule has 2 amide bonds. The van der Waals surface area contributed by atoms with Crippen molar-refractivity contribution in [3.63, 3.8) is 0 Å². The summed E-state index contributed by atoms with van der Waals surface area (Å²) in [6.07, 6.45) is -3.42. The van der Waals surface area contributed by atoms with Gasteiger partial charge in [0.05, 0.1) is 12.2 Å². The Bertz CT molecular complexity index is 395. The number of carboxylic acid groups (broad SMARTS) is 1. The van der Waals surface area contributed by atoms with E-state index in [4.69, 9.17) is 15.6 Å². The maximum Gasteiger partial charge on any atom is 0.490 e. The fraction of sp³-hybridized carbons (Fsp3) is 0.222. The van der Waals surface area contributed by atoms with Gasteiger partial charge >= 0.3 is 18.2 Å². The second-order valence-electron chi connectivity index (χ2n) is 2.84. The number of nitrogens with two attached hydrogens (primary N) is 1. The number of pyridine rings is 1. The van der Waals surface area contributed by atoms with Crippen LogP contribution >= 0.6 is 0 Å². The van der Waals surface area contributed by atoms with Gasteiger partial charge in [0.15, 0.2) is 0 Å². The molecule has 0 aromatic carbocycles. The number of nitrogens with one attached hydrogen (secondary N) is 1. The van der Waals surface area contributed by atoms with Crippen LogP contribution in [0.1, 0.15) is 5.69 Å². The molecule has 0 saturated carbocycles. The number of primary amides is 1. The molecule has 1 aromatic rings. The lowest BCUT2D eigenvalue weighted by Gasteiger charge is -1.98. The van der Waals surface area contributed by atoms with E-state index in [9.17, 15) is 18.0 Å². The van der Waals surface area contributed by atoms with Gasteiger partial charge in [0.25, 0.3) is 0 Å². The number of nitrogens with zero attached hydrogens (tertiary/aromatic N) is 1. The third kappa shape index (κ3) is 7.91. The van der Waals surface area contributed by atoms with Gasteiger partial charge in [-0.2, -0.15) is 13.2 Å². The Labute approximate surface area is 99.6 Å². The highest BCUT2D eigenvalue weighted by Crippen LogP contribution is 2.13. The summed E-state index contributed by atoms with van der Waals surface area (Å²) in [6.45, 7) is 0.385. The minimum absolute atomic E-state index is 0.385. The highest BCUT2D eigenvalue weighted by atomic mass is 19.4. The van der Waals surface area contributed by atoms with Crippen molar-refractivity contribution in [2.45, 2.75) is 12.7 Å². The maximum atomic E-state index is 10.6. The fourth-order valence-corrected chi connectivity index (χ4v) is 0.680. The topological polar surface area (TPSA) is 105 Å². The lowest BCUT2D eigenvalue weighted by Crippen LogP contribution is -2.28. The van der Waals surface area contributed by atoms with Gasteiger partial charge in [-0.25, -0.2) is 9.59 Å². The summed E-state index contributed by atoms with van der Waals surface area (Å²) in [5.41, 5.74) is 5.66. The Balaban J connectivity index is 0.000000360. The smallest absolute Gasteiger partial charge is 0.475 e. The minimum Gasteiger partial charge on any atom is -0.475 e.